The average molecular weight is 526 g/mol. The zero-order valence-corrected chi connectivity index (χ0v) is 22.1. The molecule has 7 heteroatoms. The van der Waals surface area contributed by atoms with E-state index in [0.29, 0.717) is 12.3 Å². The van der Waals surface area contributed by atoms with E-state index in [2.05, 4.69) is 63.6 Å². The summed E-state index contributed by atoms with van der Waals surface area (Å²) in [6, 6.07) is 28.3. The number of carboxylic acids is 1. The molecule has 7 nitrogen and oxygen atoms in total. The van der Waals surface area contributed by atoms with Gasteiger partial charge in [-0.15, -0.1) is 0 Å². The molecule has 0 radical (unpaired) electrons. The maximum atomic E-state index is 11.6. The second-order valence-electron chi connectivity index (χ2n) is 9.88. The Bertz CT molecular complexity index is 1440. The molecular weight excluding hydrogens is 490 g/mol. The van der Waals surface area contributed by atoms with Crippen LogP contribution in [0, 0.1) is 0 Å². The summed E-state index contributed by atoms with van der Waals surface area (Å²) in [6.45, 7) is 1.80. The minimum absolute atomic E-state index is 0.0584. The Morgan fingerprint density at radius 2 is 1.59 bits per heavy atom. The molecule has 39 heavy (non-hydrogen) atoms. The minimum Gasteiger partial charge on any atom is -0.480 e. The number of aryl methyl sites for hydroxylation is 2. The fraction of sp³-hybridized carbons (Fsp3) is 0.312. The molecule has 202 valence electrons. The predicted molar refractivity (Wildman–Crippen MR) is 153 cm³/mol. The Morgan fingerprint density at radius 3 is 2.31 bits per heavy atom. The SMILES string of the molecule is O=C(O)[C@H](COCc1cc(CCCCCn2c3ccccc3c3ccccc32)no1)NCCc1ccccc1. The van der Waals surface area contributed by atoms with Crippen LogP contribution in [0.5, 0.6) is 0 Å². The van der Waals surface area contributed by atoms with Crippen molar-refractivity contribution in [2.75, 3.05) is 13.2 Å². The number of hydrogen-bond acceptors (Lipinski definition) is 5. The maximum Gasteiger partial charge on any atom is 0.323 e. The molecule has 2 aromatic heterocycles. The fourth-order valence-electron chi connectivity index (χ4n) is 5.07. The van der Waals surface area contributed by atoms with Gasteiger partial charge in [0.25, 0.3) is 0 Å². The lowest BCUT2D eigenvalue weighted by Crippen LogP contribution is -2.41. The average Bonchev–Trinajstić information content (AvgIpc) is 3.55. The van der Waals surface area contributed by atoms with Crippen molar-refractivity contribution < 1.29 is 19.2 Å². The standard InChI is InChI=1S/C32H35N3O4/c36-32(37)29(33-19-18-24-11-3-1-4-12-24)23-38-22-26-21-25(34-39-26)13-5-2-10-20-35-30-16-8-6-14-27(30)28-15-7-9-17-31(28)35/h1,3-4,6-9,11-12,14-17,21,29,33H,2,5,10,13,18-20,22-23H2,(H,36,37)/t29-/m0/s1. The molecule has 0 bridgehead atoms. The fourth-order valence-corrected chi connectivity index (χ4v) is 5.07. The highest BCUT2D eigenvalue weighted by Gasteiger charge is 2.17. The van der Waals surface area contributed by atoms with Gasteiger partial charge in [-0.2, -0.15) is 0 Å². The van der Waals surface area contributed by atoms with E-state index in [4.69, 9.17) is 9.26 Å². The molecule has 0 amide bonds. The maximum absolute atomic E-state index is 11.6. The minimum atomic E-state index is -0.928. The number of nitrogens with one attached hydrogen (secondary N) is 1. The van der Waals surface area contributed by atoms with Gasteiger partial charge in [-0.05, 0) is 43.4 Å². The van der Waals surface area contributed by atoms with Gasteiger partial charge in [0, 0.05) is 41.0 Å². The Balaban J connectivity index is 1.02. The zero-order chi connectivity index (χ0) is 26.9. The van der Waals surface area contributed by atoms with Gasteiger partial charge in [0.05, 0.1) is 12.3 Å². The molecule has 0 saturated carbocycles. The quantitative estimate of drug-likeness (QED) is 0.163. The summed E-state index contributed by atoms with van der Waals surface area (Å²) in [5.74, 6) is -0.314. The molecule has 3 aromatic carbocycles. The van der Waals surface area contributed by atoms with Gasteiger partial charge in [0.2, 0.25) is 0 Å². The number of hydrogen-bond donors (Lipinski definition) is 2. The molecular formula is C32H35N3O4. The van der Waals surface area contributed by atoms with Crippen LogP contribution in [0.2, 0.25) is 0 Å². The second kappa shape index (κ2) is 13.2. The molecule has 2 heterocycles. The predicted octanol–water partition coefficient (Wildman–Crippen LogP) is 6.00. The summed E-state index contributed by atoms with van der Waals surface area (Å²) in [6.07, 6.45) is 4.80. The Kier molecular flexibility index (Phi) is 9.04. The van der Waals surface area contributed by atoms with E-state index in [1.165, 1.54) is 21.8 Å². The molecule has 5 rings (SSSR count). The van der Waals surface area contributed by atoms with Crippen LogP contribution in [-0.4, -0.2) is 40.0 Å². The van der Waals surface area contributed by atoms with Crippen molar-refractivity contribution >= 4 is 27.8 Å². The van der Waals surface area contributed by atoms with Crippen molar-refractivity contribution in [3.8, 4) is 0 Å². The molecule has 0 aliphatic heterocycles. The molecule has 5 aromatic rings. The third-order valence-corrected chi connectivity index (χ3v) is 7.08. The van der Waals surface area contributed by atoms with E-state index in [-0.39, 0.29) is 13.2 Å². The van der Waals surface area contributed by atoms with Crippen LogP contribution in [0.25, 0.3) is 21.8 Å². The highest BCUT2D eigenvalue weighted by Crippen LogP contribution is 2.29. The first-order chi connectivity index (χ1) is 19.2. The van der Waals surface area contributed by atoms with Gasteiger partial charge in [0.1, 0.15) is 12.6 Å². The van der Waals surface area contributed by atoms with Gasteiger partial charge < -0.3 is 24.3 Å². The largest absolute Gasteiger partial charge is 0.480 e. The molecule has 0 aliphatic carbocycles. The molecule has 0 unspecified atom stereocenters. The third kappa shape index (κ3) is 6.93. The Labute approximate surface area is 228 Å². The van der Waals surface area contributed by atoms with Crippen molar-refractivity contribution in [2.24, 2.45) is 0 Å². The first kappa shape index (κ1) is 26.7. The normalized spacial score (nSPS) is 12.3. The first-order valence-electron chi connectivity index (χ1n) is 13.7. The highest BCUT2D eigenvalue weighted by atomic mass is 16.5. The van der Waals surface area contributed by atoms with Gasteiger partial charge in [-0.25, -0.2) is 0 Å². The summed E-state index contributed by atoms with van der Waals surface area (Å²) in [4.78, 5) is 11.6. The number of rotatable bonds is 15. The van der Waals surface area contributed by atoms with Crippen molar-refractivity contribution in [3.05, 3.63) is 102 Å². The number of aliphatic carboxylic acids is 1. The number of unbranched alkanes of at least 4 members (excludes halogenated alkanes) is 2. The van der Waals surface area contributed by atoms with Gasteiger partial charge in [0.15, 0.2) is 5.76 Å². The zero-order valence-electron chi connectivity index (χ0n) is 22.1. The number of nitrogens with zero attached hydrogens (tertiary/aromatic N) is 2. The van der Waals surface area contributed by atoms with Crippen LogP contribution < -0.4 is 5.32 Å². The van der Waals surface area contributed by atoms with Crippen molar-refractivity contribution in [2.45, 2.75) is 51.3 Å². The Hall–Kier alpha value is -3.94. The second-order valence-corrected chi connectivity index (χ2v) is 9.88. The molecule has 0 aliphatic rings. The number of carboxylic acid groups (broad SMARTS) is 1. The third-order valence-electron chi connectivity index (χ3n) is 7.08. The highest BCUT2D eigenvalue weighted by molar-refractivity contribution is 6.07. The van der Waals surface area contributed by atoms with Gasteiger partial charge in [-0.1, -0.05) is 78.3 Å². The van der Waals surface area contributed by atoms with E-state index < -0.39 is 12.0 Å². The van der Waals surface area contributed by atoms with Gasteiger partial charge in [-0.3, -0.25) is 4.79 Å². The van der Waals surface area contributed by atoms with E-state index >= 15 is 0 Å². The monoisotopic (exact) mass is 525 g/mol. The first-order valence-corrected chi connectivity index (χ1v) is 13.7. The Morgan fingerprint density at radius 1 is 0.897 bits per heavy atom. The molecule has 0 spiro atoms. The van der Waals surface area contributed by atoms with Crippen LogP contribution in [0.1, 0.15) is 36.3 Å². The smallest absolute Gasteiger partial charge is 0.323 e. The number of carbonyl (C=O) groups is 1. The van der Waals surface area contributed by atoms with E-state index in [9.17, 15) is 9.90 Å². The van der Waals surface area contributed by atoms with E-state index in [1.54, 1.807) is 0 Å². The van der Waals surface area contributed by atoms with Gasteiger partial charge >= 0.3 is 5.97 Å². The van der Waals surface area contributed by atoms with Crippen molar-refractivity contribution in [1.29, 1.82) is 0 Å². The van der Waals surface area contributed by atoms with Crippen LogP contribution >= 0.6 is 0 Å². The number of para-hydroxylation sites is 2. The molecule has 2 N–H and O–H groups in total. The topological polar surface area (TPSA) is 89.5 Å². The van der Waals surface area contributed by atoms with Crippen LogP contribution in [0.3, 0.4) is 0 Å². The molecule has 1 atom stereocenters. The summed E-state index contributed by atoms with van der Waals surface area (Å²) in [5.41, 5.74) is 4.64. The van der Waals surface area contributed by atoms with Crippen molar-refractivity contribution in [1.82, 2.24) is 15.0 Å². The lowest BCUT2D eigenvalue weighted by atomic mass is 10.1. The summed E-state index contributed by atoms with van der Waals surface area (Å²) < 4.78 is 13.5. The van der Waals surface area contributed by atoms with Crippen LogP contribution in [0.15, 0.2) is 89.5 Å². The number of benzene rings is 3. The number of fused-ring (bicyclic) bond motifs is 3. The number of aromatic nitrogens is 2. The molecule has 0 fully saturated rings. The van der Waals surface area contributed by atoms with Crippen LogP contribution in [-0.2, 0) is 35.5 Å². The van der Waals surface area contributed by atoms with Crippen LogP contribution in [0.4, 0.5) is 0 Å². The number of ether oxygens (including phenoxy) is 1. The van der Waals surface area contributed by atoms with E-state index in [0.717, 1.165) is 49.9 Å². The lowest BCUT2D eigenvalue weighted by molar-refractivity contribution is -0.141. The summed E-state index contributed by atoms with van der Waals surface area (Å²) >= 11 is 0. The lowest BCUT2D eigenvalue weighted by Gasteiger charge is -2.14. The van der Waals surface area contributed by atoms with Crippen molar-refractivity contribution in [3.63, 3.8) is 0 Å². The summed E-state index contributed by atoms with van der Waals surface area (Å²) in [5, 5.41) is 19.3. The summed E-state index contributed by atoms with van der Waals surface area (Å²) in [7, 11) is 0. The molecule has 0 saturated heterocycles. The van der Waals surface area contributed by atoms with E-state index in [1.807, 2.05) is 36.4 Å².